The highest BCUT2D eigenvalue weighted by molar-refractivity contribution is 9.10. The lowest BCUT2D eigenvalue weighted by Gasteiger charge is -2.32. The van der Waals surface area contributed by atoms with Gasteiger partial charge in [0.1, 0.15) is 0 Å². The number of carbonyl (C=O) groups is 2. The predicted molar refractivity (Wildman–Crippen MR) is 124 cm³/mol. The van der Waals surface area contributed by atoms with E-state index < -0.39 is 0 Å². The van der Waals surface area contributed by atoms with Gasteiger partial charge in [-0.3, -0.25) is 9.59 Å². The number of carbonyl (C=O) groups excluding carboxylic acids is 2. The molecule has 2 heterocycles. The lowest BCUT2D eigenvalue weighted by Crippen LogP contribution is -2.46. The van der Waals surface area contributed by atoms with Crippen molar-refractivity contribution in [1.29, 1.82) is 0 Å². The molecule has 3 rings (SSSR count). The maximum atomic E-state index is 13.0. The Kier molecular flexibility index (Phi) is 7.63. The third kappa shape index (κ3) is 5.46. The molecule has 2 aromatic rings. The molecule has 0 bridgehead atoms. The number of nitrogens with two attached hydrogens (primary N) is 1. The van der Waals surface area contributed by atoms with Crippen molar-refractivity contribution in [1.82, 2.24) is 14.5 Å². The van der Waals surface area contributed by atoms with Crippen LogP contribution in [0.3, 0.4) is 0 Å². The zero-order valence-corrected chi connectivity index (χ0v) is 20.1. The summed E-state index contributed by atoms with van der Waals surface area (Å²) in [6.07, 6.45) is 3.46. The molecule has 1 aliphatic rings. The number of amides is 2. The summed E-state index contributed by atoms with van der Waals surface area (Å²) in [7, 11) is 0. The molecule has 1 fully saturated rings. The summed E-state index contributed by atoms with van der Waals surface area (Å²) in [6, 6.07) is 8.18. The number of likely N-dealkylation sites (tertiary alicyclic amines) is 1. The highest BCUT2D eigenvalue weighted by Gasteiger charge is 2.30. The van der Waals surface area contributed by atoms with E-state index in [4.69, 9.17) is 5.73 Å². The van der Waals surface area contributed by atoms with Crippen molar-refractivity contribution in [3.8, 4) is 11.3 Å². The van der Waals surface area contributed by atoms with E-state index in [1.54, 1.807) is 4.90 Å². The molecule has 6 nitrogen and oxygen atoms in total. The minimum absolute atomic E-state index is 0.0373. The fourth-order valence-electron chi connectivity index (χ4n) is 3.72. The third-order valence-corrected chi connectivity index (χ3v) is 6.89. The Hall–Kier alpha value is -1.80. The third-order valence-electron chi connectivity index (χ3n) is 5.27. The van der Waals surface area contributed by atoms with Gasteiger partial charge in [-0.1, -0.05) is 53.7 Å². The van der Waals surface area contributed by atoms with Gasteiger partial charge < -0.3 is 15.2 Å². The second kappa shape index (κ2) is 10.0. The molecule has 2 atom stereocenters. The second-order valence-electron chi connectivity index (χ2n) is 8.22. The summed E-state index contributed by atoms with van der Waals surface area (Å²) in [6.45, 7) is 8.18. The molecule has 1 saturated heterocycles. The largest absolute Gasteiger partial charge is 0.369 e. The van der Waals surface area contributed by atoms with E-state index in [2.05, 4.69) is 51.5 Å². The van der Waals surface area contributed by atoms with Crippen LogP contribution in [0.15, 0.2) is 40.1 Å². The molecule has 1 aromatic carbocycles. The maximum absolute atomic E-state index is 13.0. The number of hydrogen-bond acceptors (Lipinski definition) is 4. The first-order valence-corrected chi connectivity index (χ1v) is 12.0. The van der Waals surface area contributed by atoms with Crippen molar-refractivity contribution in [2.45, 2.75) is 50.6 Å². The van der Waals surface area contributed by atoms with E-state index >= 15 is 0 Å². The highest BCUT2D eigenvalue weighted by atomic mass is 79.9. The van der Waals surface area contributed by atoms with E-state index in [9.17, 15) is 9.59 Å². The van der Waals surface area contributed by atoms with Gasteiger partial charge in [0.25, 0.3) is 0 Å². The molecule has 0 aliphatic carbocycles. The van der Waals surface area contributed by atoms with Crippen LogP contribution in [-0.2, 0) is 16.1 Å². The van der Waals surface area contributed by atoms with Crippen molar-refractivity contribution in [3.05, 3.63) is 34.9 Å². The summed E-state index contributed by atoms with van der Waals surface area (Å²) < 4.78 is 3.23. The number of hydrogen-bond donors (Lipinski definition) is 1. The van der Waals surface area contributed by atoms with Gasteiger partial charge in [0.05, 0.1) is 23.1 Å². The summed E-state index contributed by atoms with van der Waals surface area (Å²) in [5.41, 5.74) is 7.61. The number of nitrogens with zero attached hydrogens (tertiary/aromatic N) is 3. The zero-order chi connectivity index (χ0) is 21.8. The van der Waals surface area contributed by atoms with Crippen LogP contribution in [0.2, 0.25) is 0 Å². The molecule has 1 aromatic heterocycles. The predicted octanol–water partition coefficient (Wildman–Crippen LogP) is 4.17. The number of benzene rings is 1. The van der Waals surface area contributed by atoms with Crippen LogP contribution in [0.5, 0.6) is 0 Å². The molecule has 2 amide bonds. The first kappa shape index (κ1) is 22.9. The first-order chi connectivity index (χ1) is 14.3. The quantitative estimate of drug-likeness (QED) is 0.587. The molecule has 1 aliphatic heterocycles. The van der Waals surface area contributed by atoms with Gasteiger partial charge in [-0.15, -0.1) is 0 Å². The number of piperidine rings is 1. The normalized spacial score (nSPS) is 17.9. The van der Waals surface area contributed by atoms with E-state index in [1.807, 2.05) is 25.3 Å². The van der Waals surface area contributed by atoms with E-state index in [0.29, 0.717) is 19.0 Å². The lowest BCUT2D eigenvalue weighted by atomic mass is 9.97. The Labute approximate surface area is 190 Å². The number of halogens is 1. The summed E-state index contributed by atoms with van der Waals surface area (Å²) in [5.74, 6) is -0.0846. The molecular formula is C22H29BrN4O2S. The lowest BCUT2D eigenvalue weighted by molar-refractivity contribution is -0.134. The molecule has 162 valence electrons. The second-order valence-corrected chi connectivity index (χ2v) is 10.4. The topological polar surface area (TPSA) is 81.2 Å². The van der Waals surface area contributed by atoms with Crippen LogP contribution in [-0.4, -0.2) is 44.6 Å². The number of thioether (sulfide) groups is 1. The van der Waals surface area contributed by atoms with Crippen LogP contribution in [0.25, 0.3) is 11.3 Å². The molecule has 8 heteroatoms. The van der Waals surface area contributed by atoms with E-state index in [1.165, 1.54) is 11.8 Å². The van der Waals surface area contributed by atoms with E-state index in [-0.39, 0.29) is 23.0 Å². The molecular weight excluding hydrogens is 464 g/mol. The molecule has 0 spiro atoms. The average molecular weight is 493 g/mol. The molecule has 0 saturated carbocycles. The van der Waals surface area contributed by atoms with Crippen molar-refractivity contribution >= 4 is 39.5 Å². The molecule has 0 radical (unpaired) electrons. The van der Waals surface area contributed by atoms with Crippen LogP contribution in [0.1, 0.15) is 33.6 Å². The number of imidazole rings is 1. The van der Waals surface area contributed by atoms with Gasteiger partial charge in [-0.05, 0) is 43.4 Å². The Morgan fingerprint density at radius 2 is 1.97 bits per heavy atom. The molecule has 2 unspecified atom stereocenters. The zero-order valence-electron chi connectivity index (χ0n) is 17.7. The van der Waals surface area contributed by atoms with Crippen molar-refractivity contribution in [3.63, 3.8) is 0 Å². The summed E-state index contributed by atoms with van der Waals surface area (Å²) in [5, 5.41) is 0.550. The standard InChI is InChI=1S/C22H29BrN4O2S/c1-14(2)12-27-19(16-6-8-18(23)9-7-16)11-25-22(27)30-15(3)21(29)26-10-4-5-17(13-26)20(24)28/h6-9,11,14-15,17H,4-5,10,12-13H2,1-3H3,(H2,24,28). The van der Waals surface area contributed by atoms with Crippen molar-refractivity contribution in [2.24, 2.45) is 17.6 Å². The smallest absolute Gasteiger partial charge is 0.235 e. The number of primary amides is 1. The SMILES string of the molecule is CC(C)Cn1c(-c2ccc(Br)cc2)cnc1SC(C)C(=O)N1CCCC(C(N)=O)C1. The van der Waals surface area contributed by atoms with Gasteiger partial charge in [-0.25, -0.2) is 4.98 Å². The number of aromatic nitrogens is 2. The van der Waals surface area contributed by atoms with Gasteiger partial charge in [0, 0.05) is 24.1 Å². The average Bonchev–Trinajstić information content (AvgIpc) is 3.09. The van der Waals surface area contributed by atoms with Crippen LogP contribution >= 0.6 is 27.7 Å². The van der Waals surface area contributed by atoms with E-state index in [0.717, 1.165) is 40.3 Å². The number of rotatable bonds is 7. The Morgan fingerprint density at radius 3 is 2.60 bits per heavy atom. The fraction of sp³-hybridized carbons (Fsp3) is 0.500. The monoisotopic (exact) mass is 492 g/mol. The first-order valence-electron chi connectivity index (χ1n) is 10.3. The fourth-order valence-corrected chi connectivity index (χ4v) is 4.96. The highest BCUT2D eigenvalue weighted by Crippen LogP contribution is 2.31. The van der Waals surface area contributed by atoms with Crippen LogP contribution in [0.4, 0.5) is 0 Å². The van der Waals surface area contributed by atoms with Gasteiger partial charge in [0.15, 0.2) is 5.16 Å². The molecule has 2 N–H and O–H groups in total. The Morgan fingerprint density at radius 1 is 1.27 bits per heavy atom. The minimum Gasteiger partial charge on any atom is -0.369 e. The maximum Gasteiger partial charge on any atom is 0.235 e. The van der Waals surface area contributed by atoms with Gasteiger partial charge >= 0.3 is 0 Å². The summed E-state index contributed by atoms with van der Waals surface area (Å²) in [4.78, 5) is 31.0. The summed E-state index contributed by atoms with van der Waals surface area (Å²) >= 11 is 4.96. The van der Waals surface area contributed by atoms with Crippen molar-refractivity contribution in [2.75, 3.05) is 13.1 Å². The van der Waals surface area contributed by atoms with Crippen molar-refractivity contribution < 1.29 is 9.59 Å². The Bertz CT molecular complexity index is 897. The van der Waals surface area contributed by atoms with Crippen LogP contribution < -0.4 is 5.73 Å². The van der Waals surface area contributed by atoms with Gasteiger partial charge in [0.2, 0.25) is 11.8 Å². The molecule has 30 heavy (non-hydrogen) atoms. The Balaban J connectivity index is 1.79. The van der Waals surface area contributed by atoms with Gasteiger partial charge in [-0.2, -0.15) is 0 Å². The van der Waals surface area contributed by atoms with Crippen LogP contribution in [0, 0.1) is 11.8 Å². The minimum atomic E-state index is -0.320.